The number of esters is 1. The Morgan fingerprint density at radius 2 is 1.67 bits per heavy atom. The van der Waals surface area contributed by atoms with Crippen LogP contribution in [0.1, 0.15) is 17.3 Å². The van der Waals surface area contributed by atoms with Crippen LogP contribution in [0.5, 0.6) is 5.75 Å². The van der Waals surface area contributed by atoms with Crippen molar-refractivity contribution in [1.82, 2.24) is 0 Å². The van der Waals surface area contributed by atoms with Gasteiger partial charge in [-0.3, -0.25) is 4.79 Å². The molecule has 124 valence electrons. The Morgan fingerprint density at radius 3 is 2.25 bits per heavy atom. The zero-order chi connectivity index (χ0) is 17.1. The quantitative estimate of drug-likeness (QED) is 0.464. The largest absolute Gasteiger partial charge is 0.497 e. The van der Waals surface area contributed by atoms with Gasteiger partial charge in [0.2, 0.25) is 0 Å². The summed E-state index contributed by atoms with van der Waals surface area (Å²) in [7, 11) is 1.59. The number of anilines is 1. The lowest BCUT2D eigenvalue weighted by molar-refractivity contribution is -0.142. The van der Waals surface area contributed by atoms with Crippen molar-refractivity contribution in [2.45, 2.75) is 19.0 Å². The fourth-order valence-corrected chi connectivity index (χ4v) is 2.82. The Labute approximate surface area is 140 Å². The molecule has 0 aliphatic carbocycles. The highest BCUT2D eigenvalue weighted by molar-refractivity contribution is 6.11. The SMILES string of the molecule is CCOC(=O)C1[C@@H](C(=O)c2ccccc2)N1c1ccc(OC)cc1. The van der Waals surface area contributed by atoms with E-state index in [2.05, 4.69) is 0 Å². The van der Waals surface area contributed by atoms with Crippen molar-refractivity contribution in [2.75, 3.05) is 18.6 Å². The van der Waals surface area contributed by atoms with Crippen LogP contribution in [-0.4, -0.2) is 37.6 Å². The van der Waals surface area contributed by atoms with Crippen molar-refractivity contribution >= 4 is 17.4 Å². The first-order valence-electron chi connectivity index (χ1n) is 7.85. The van der Waals surface area contributed by atoms with Gasteiger partial charge < -0.3 is 14.4 Å². The number of methoxy groups -OCH3 is 1. The number of hydrogen-bond donors (Lipinski definition) is 0. The van der Waals surface area contributed by atoms with Crippen molar-refractivity contribution in [2.24, 2.45) is 0 Å². The maximum absolute atomic E-state index is 12.8. The van der Waals surface area contributed by atoms with Crippen molar-refractivity contribution in [1.29, 1.82) is 0 Å². The summed E-state index contributed by atoms with van der Waals surface area (Å²) < 4.78 is 10.3. The van der Waals surface area contributed by atoms with Crippen LogP contribution in [0.3, 0.4) is 0 Å². The number of rotatable bonds is 6. The first-order chi connectivity index (χ1) is 11.7. The summed E-state index contributed by atoms with van der Waals surface area (Å²) in [5.74, 6) is 0.270. The van der Waals surface area contributed by atoms with Gasteiger partial charge in [0, 0.05) is 11.3 Å². The molecule has 0 aromatic heterocycles. The molecule has 1 unspecified atom stereocenters. The van der Waals surface area contributed by atoms with E-state index in [-0.39, 0.29) is 18.4 Å². The summed E-state index contributed by atoms with van der Waals surface area (Å²) in [6.07, 6.45) is 0. The topological polar surface area (TPSA) is 55.6 Å². The van der Waals surface area contributed by atoms with E-state index in [0.717, 1.165) is 11.4 Å². The van der Waals surface area contributed by atoms with E-state index in [0.29, 0.717) is 5.56 Å². The van der Waals surface area contributed by atoms with Crippen molar-refractivity contribution in [3.63, 3.8) is 0 Å². The van der Waals surface area contributed by atoms with Gasteiger partial charge in [-0.25, -0.2) is 4.79 Å². The van der Waals surface area contributed by atoms with Gasteiger partial charge in [-0.15, -0.1) is 0 Å². The van der Waals surface area contributed by atoms with Gasteiger partial charge in [-0.1, -0.05) is 30.3 Å². The second-order valence-corrected chi connectivity index (χ2v) is 5.48. The summed E-state index contributed by atoms with van der Waals surface area (Å²) in [4.78, 5) is 26.8. The van der Waals surface area contributed by atoms with Crippen LogP contribution in [0.2, 0.25) is 0 Å². The first-order valence-corrected chi connectivity index (χ1v) is 7.85. The molecule has 3 rings (SSSR count). The second-order valence-electron chi connectivity index (χ2n) is 5.48. The Bertz CT molecular complexity index is 727. The molecule has 2 aromatic carbocycles. The number of carbonyl (C=O) groups excluding carboxylic acids is 2. The minimum absolute atomic E-state index is 0.0792. The van der Waals surface area contributed by atoms with Crippen LogP contribution in [-0.2, 0) is 9.53 Å². The number of carbonyl (C=O) groups is 2. The first kappa shape index (κ1) is 16.1. The Balaban J connectivity index is 1.87. The molecule has 1 fully saturated rings. The maximum Gasteiger partial charge on any atom is 0.331 e. The van der Waals surface area contributed by atoms with Gasteiger partial charge in [-0.05, 0) is 31.2 Å². The Morgan fingerprint density at radius 1 is 1.00 bits per heavy atom. The van der Waals surface area contributed by atoms with E-state index in [1.165, 1.54) is 0 Å². The number of hydrogen-bond acceptors (Lipinski definition) is 5. The van der Waals surface area contributed by atoms with Crippen molar-refractivity contribution in [3.05, 3.63) is 60.2 Å². The number of ether oxygens (including phenoxy) is 2. The molecule has 0 bridgehead atoms. The van der Waals surface area contributed by atoms with E-state index < -0.39 is 12.1 Å². The molecule has 0 radical (unpaired) electrons. The zero-order valence-electron chi connectivity index (χ0n) is 13.6. The molecule has 0 amide bonds. The van der Waals surface area contributed by atoms with Gasteiger partial charge in [0.05, 0.1) is 13.7 Å². The zero-order valence-corrected chi connectivity index (χ0v) is 13.6. The van der Waals surface area contributed by atoms with E-state index in [4.69, 9.17) is 9.47 Å². The molecule has 1 aliphatic heterocycles. The average Bonchev–Trinajstić information content (AvgIpc) is 3.38. The maximum atomic E-state index is 12.8. The molecule has 2 atom stereocenters. The predicted octanol–water partition coefficient (Wildman–Crippen LogP) is 2.70. The lowest BCUT2D eigenvalue weighted by Crippen LogP contribution is -2.18. The molecular formula is C19H19NO4. The van der Waals surface area contributed by atoms with E-state index in [9.17, 15) is 9.59 Å². The normalized spacial score (nSPS) is 18.8. The van der Waals surface area contributed by atoms with Crippen LogP contribution in [0, 0.1) is 0 Å². The summed E-state index contributed by atoms with van der Waals surface area (Å²) in [6.45, 7) is 2.05. The number of Topliss-reactive ketones (excluding diaryl/α,β-unsaturated/α-hetero) is 1. The third-order valence-corrected chi connectivity index (χ3v) is 4.03. The monoisotopic (exact) mass is 325 g/mol. The second kappa shape index (κ2) is 6.74. The van der Waals surface area contributed by atoms with Gasteiger partial charge >= 0.3 is 5.97 Å². The van der Waals surface area contributed by atoms with E-state index in [1.54, 1.807) is 43.2 Å². The highest BCUT2D eigenvalue weighted by Gasteiger charge is 2.58. The Kier molecular flexibility index (Phi) is 4.51. The molecule has 5 heteroatoms. The molecular weight excluding hydrogens is 306 g/mol. The summed E-state index contributed by atoms with van der Waals surface area (Å²) >= 11 is 0. The van der Waals surface area contributed by atoms with Gasteiger partial charge in [0.1, 0.15) is 11.8 Å². The molecule has 24 heavy (non-hydrogen) atoms. The smallest absolute Gasteiger partial charge is 0.331 e. The van der Waals surface area contributed by atoms with E-state index in [1.807, 2.05) is 30.3 Å². The molecule has 1 heterocycles. The summed E-state index contributed by atoms with van der Waals surface area (Å²) in [5, 5.41) is 0. The van der Waals surface area contributed by atoms with Crippen molar-refractivity contribution in [3.8, 4) is 5.75 Å². The molecule has 0 N–H and O–H groups in total. The fourth-order valence-electron chi connectivity index (χ4n) is 2.82. The molecule has 1 saturated heterocycles. The molecule has 0 spiro atoms. The molecule has 5 nitrogen and oxygen atoms in total. The van der Waals surface area contributed by atoms with Gasteiger partial charge in [0.25, 0.3) is 0 Å². The predicted molar refractivity (Wildman–Crippen MR) is 90.5 cm³/mol. The fraction of sp³-hybridized carbons (Fsp3) is 0.263. The van der Waals surface area contributed by atoms with Crippen LogP contribution in [0.25, 0.3) is 0 Å². The van der Waals surface area contributed by atoms with E-state index >= 15 is 0 Å². The molecule has 2 aromatic rings. The highest BCUT2D eigenvalue weighted by Crippen LogP contribution is 2.38. The minimum atomic E-state index is -0.578. The lowest BCUT2D eigenvalue weighted by atomic mass is 10.1. The van der Waals surface area contributed by atoms with Crippen molar-refractivity contribution < 1.29 is 19.1 Å². The standard InChI is InChI=1S/C19H19NO4/c1-3-24-19(22)17-16(18(21)13-7-5-4-6-8-13)20(17)14-9-11-15(23-2)12-10-14/h4-12,16-17H,3H2,1-2H3/t16-,17?,20?/m0/s1. The van der Waals surface area contributed by atoms with Crippen LogP contribution >= 0.6 is 0 Å². The highest BCUT2D eigenvalue weighted by atomic mass is 16.5. The minimum Gasteiger partial charge on any atom is -0.497 e. The summed E-state index contributed by atoms with van der Waals surface area (Å²) in [5.41, 5.74) is 1.39. The Hall–Kier alpha value is -2.82. The van der Waals surface area contributed by atoms with Gasteiger partial charge in [-0.2, -0.15) is 0 Å². The molecule has 1 aliphatic rings. The third kappa shape index (κ3) is 2.97. The number of nitrogens with zero attached hydrogens (tertiary/aromatic N) is 1. The lowest BCUT2D eigenvalue weighted by Gasteiger charge is -2.07. The summed E-state index contributed by atoms with van der Waals surface area (Å²) in [6, 6.07) is 15.2. The van der Waals surface area contributed by atoms with Crippen LogP contribution < -0.4 is 9.64 Å². The number of ketones is 1. The van der Waals surface area contributed by atoms with Gasteiger partial charge in [0.15, 0.2) is 11.8 Å². The number of benzene rings is 2. The molecule has 0 saturated carbocycles. The van der Waals surface area contributed by atoms with Crippen LogP contribution in [0.15, 0.2) is 54.6 Å². The average molecular weight is 325 g/mol. The van der Waals surface area contributed by atoms with Crippen LogP contribution in [0.4, 0.5) is 5.69 Å². The third-order valence-electron chi connectivity index (χ3n) is 4.03.